The van der Waals surface area contributed by atoms with Crippen molar-refractivity contribution >= 4 is 47.4 Å². The molecule has 0 saturated carbocycles. The molecule has 38 heavy (non-hydrogen) atoms. The maximum absolute atomic E-state index is 13.0. The molecule has 1 rings (SSSR count). The highest BCUT2D eigenvalue weighted by molar-refractivity contribution is 7.98. The lowest BCUT2D eigenvalue weighted by Gasteiger charge is -2.25. The number of carbonyl (C=O) groups is 6. The summed E-state index contributed by atoms with van der Waals surface area (Å²) in [6, 6.07) is 3.59. The molecule has 4 unspecified atom stereocenters. The van der Waals surface area contributed by atoms with Crippen LogP contribution in [-0.2, 0) is 35.2 Å². The van der Waals surface area contributed by atoms with Crippen molar-refractivity contribution in [1.29, 1.82) is 0 Å². The van der Waals surface area contributed by atoms with Crippen molar-refractivity contribution in [2.75, 3.05) is 12.0 Å². The van der Waals surface area contributed by atoms with Crippen molar-refractivity contribution in [3.63, 3.8) is 0 Å². The monoisotopic (exact) mass is 554 g/mol. The maximum Gasteiger partial charge on any atom is 0.326 e. The second kappa shape index (κ2) is 17.0. The van der Waals surface area contributed by atoms with Crippen LogP contribution in [0.25, 0.3) is 0 Å². The van der Waals surface area contributed by atoms with Gasteiger partial charge >= 0.3 is 17.9 Å². The van der Waals surface area contributed by atoms with Crippen molar-refractivity contribution in [1.82, 2.24) is 16.0 Å². The number of carbonyl (C=O) groups excluding carboxylic acids is 3. The van der Waals surface area contributed by atoms with E-state index in [9.17, 15) is 33.9 Å². The van der Waals surface area contributed by atoms with Crippen LogP contribution in [0.3, 0.4) is 0 Å². The third-order valence-corrected chi connectivity index (χ3v) is 6.07. The van der Waals surface area contributed by atoms with E-state index >= 15 is 0 Å². The Labute approximate surface area is 223 Å². The number of carboxylic acid groups (broad SMARTS) is 3. The Morgan fingerprint density at radius 1 is 0.763 bits per heavy atom. The molecule has 0 aliphatic heterocycles. The lowest BCUT2D eigenvalue weighted by atomic mass is 10.0. The lowest BCUT2D eigenvalue weighted by molar-refractivity contribution is -0.142. The smallest absolute Gasteiger partial charge is 0.326 e. The minimum atomic E-state index is -1.38. The molecule has 1 aromatic rings. The minimum absolute atomic E-state index is 0.0105. The number of nitrogens with one attached hydrogen (secondary N) is 3. The number of hydrogen-bond acceptors (Lipinski definition) is 8. The van der Waals surface area contributed by atoms with Gasteiger partial charge in [-0.25, -0.2) is 4.79 Å². The van der Waals surface area contributed by atoms with E-state index in [0.717, 1.165) is 0 Å². The molecule has 0 heterocycles. The van der Waals surface area contributed by atoms with Gasteiger partial charge in [0.2, 0.25) is 17.7 Å². The summed E-state index contributed by atoms with van der Waals surface area (Å²) in [5, 5.41) is 34.6. The quantitative estimate of drug-likeness (QED) is 0.123. The molecule has 14 heteroatoms. The first-order chi connectivity index (χ1) is 17.9. The average Bonchev–Trinajstić information content (AvgIpc) is 2.86. The number of carboxylic acids is 3. The minimum Gasteiger partial charge on any atom is -0.481 e. The first-order valence-corrected chi connectivity index (χ1v) is 13.2. The normalized spacial score (nSPS) is 13.8. The van der Waals surface area contributed by atoms with Crippen molar-refractivity contribution in [2.45, 2.75) is 62.7 Å². The van der Waals surface area contributed by atoms with E-state index in [2.05, 4.69) is 16.0 Å². The van der Waals surface area contributed by atoms with E-state index in [1.54, 1.807) is 36.6 Å². The molecule has 8 N–H and O–H groups in total. The van der Waals surface area contributed by atoms with E-state index in [1.165, 1.54) is 11.8 Å². The first-order valence-electron chi connectivity index (χ1n) is 11.8. The third-order valence-electron chi connectivity index (χ3n) is 5.43. The fraction of sp³-hybridized carbons (Fsp3) is 0.500. The molecule has 13 nitrogen and oxygen atoms in total. The Kier molecular flexibility index (Phi) is 14.5. The number of benzene rings is 1. The Morgan fingerprint density at radius 3 is 1.79 bits per heavy atom. The highest BCUT2D eigenvalue weighted by atomic mass is 32.2. The fourth-order valence-electron chi connectivity index (χ4n) is 3.32. The fourth-order valence-corrected chi connectivity index (χ4v) is 3.80. The molecule has 0 radical (unpaired) electrons. The number of aliphatic carboxylic acids is 3. The van der Waals surface area contributed by atoms with Crippen molar-refractivity contribution in [3.05, 3.63) is 35.9 Å². The molecule has 0 aliphatic rings. The second-order valence-corrected chi connectivity index (χ2v) is 9.45. The van der Waals surface area contributed by atoms with Crippen LogP contribution in [0.5, 0.6) is 0 Å². The molecule has 0 saturated heterocycles. The van der Waals surface area contributed by atoms with Gasteiger partial charge in [-0.1, -0.05) is 30.3 Å². The average molecular weight is 555 g/mol. The highest BCUT2D eigenvalue weighted by Crippen LogP contribution is 2.08. The Hall–Kier alpha value is -3.65. The van der Waals surface area contributed by atoms with Gasteiger partial charge in [0.1, 0.15) is 18.1 Å². The van der Waals surface area contributed by atoms with Crippen molar-refractivity contribution in [3.8, 4) is 0 Å². The van der Waals surface area contributed by atoms with Gasteiger partial charge in [0.15, 0.2) is 0 Å². The van der Waals surface area contributed by atoms with Gasteiger partial charge in [-0.2, -0.15) is 11.8 Å². The standard InChI is InChI=1S/C24H34N4O9S/c1-38-12-11-17(23(35)28-18(24(36)37)13-14-5-3-2-4-6-14)27-22(34)16(8-10-20(31)32)26-21(33)15(25)7-9-19(29)30/h2-6,15-18H,7-13,25H2,1H3,(H,26,33)(H,27,34)(H,28,35)(H,29,30)(H,31,32)(H,36,37). The summed E-state index contributed by atoms with van der Waals surface area (Å²) < 4.78 is 0. The van der Waals surface area contributed by atoms with E-state index in [1.807, 2.05) is 0 Å². The number of amides is 3. The van der Waals surface area contributed by atoms with Gasteiger partial charge in [-0.15, -0.1) is 0 Å². The molecule has 210 valence electrons. The molecule has 4 atom stereocenters. The first kappa shape index (κ1) is 32.4. The van der Waals surface area contributed by atoms with Crippen LogP contribution in [0.4, 0.5) is 0 Å². The molecule has 0 spiro atoms. The van der Waals surface area contributed by atoms with E-state index in [4.69, 9.17) is 15.9 Å². The molecule has 0 bridgehead atoms. The van der Waals surface area contributed by atoms with Gasteiger partial charge in [0.25, 0.3) is 0 Å². The summed E-state index contributed by atoms with van der Waals surface area (Å²) in [7, 11) is 0. The third kappa shape index (κ3) is 12.5. The van der Waals surface area contributed by atoms with Gasteiger partial charge in [-0.05, 0) is 36.8 Å². The van der Waals surface area contributed by atoms with Crippen LogP contribution in [0.1, 0.15) is 37.7 Å². The van der Waals surface area contributed by atoms with Crippen LogP contribution in [0.15, 0.2) is 30.3 Å². The molecule has 0 aliphatic carbocycles. The van der Waals surface area contributed by atoms with Gasteiger partial charge in [-0.3, -0.25) is 24.0 Å². The summed E-state index contributed by atoms with van der Waals surface area (Å²) in [4.78, 5) is 72.0. The largest absolute Gasteiger partial charge is 0.481 e. The van der Waals surface area contributed by atoms with Gasteiger partial charge in [0, 0.05) is 19.3 Å². The van der Waals surface area contributed by atoms with Crippen LogP contribution >= 0.6 is 11.8 Å². The predicted molar refractivity (Wildman–Crippen MR) is 138 cm³/mol. The zero-order valence-electron chi connectivity index (χ0n) is 20.9. The molecular formula is C24H34N4O9S. The summed E-state index contributed by atoms with van der Waals surface area (Å²) in [6.07, 6.45) is 0.533. The SMILES string of the molecule is CSCCC(NC(=O)C(CCC(=O)O)NC(=O)C(N)CCC(=O)O)C(=O)NC(Cc1ccccc1)C(=O)O. The summed E-state index contributed by atoms with van der Waals surface area (Å²) >= 11 is 1.39. The van der Waals surface area contributed by atoms with E-state index < -0.39 is 66.2 Å². The summed E-state index contributed by atoms with van der Waals surface area (Å²) in [6.45, 7) is 0. The molecular weight excluding hydrogens is 520 g/mol. The van der Waals surface area contributed by atoms with Crippen LogP contribution in [0.2, 0.25) is 0 Å². The van der Waals surface area contributed by atoms with Crippen LogP contribution in [0, 0.1) is 0 Å². The molecule has 0 fully saturated rings. The molecule has 1 aromatic carbocycles. The Morgan fingerprint density at radius 2 is 1.26 bits per heavy atom. The predicted octanol–water partition coefficient (Wildman–Crippen LogP) is -0.422. The van der Waals surface area contributed by atoms with Gasteiger partial charge in [0.05, 0.1) is 6.04 Å². The Bertz CT molecular complexity index is 977. The number of rotatable bonds is 18. The zero-order valence-corrected chi connectivity index (χ0v) is 21.7. The van der Waals surface area contributed by atoms with E-state index in [0.29, 0.717) is 11.3 Å². The topological polar surface area (TPSA) is 225 Å². The molecule has 3 amide bonds. The molecule has 0 aromatic heterocycles. The summed E-state index contributed by atoms with van der Waals surface area (Å²) in [5.41, 5.74) is 6.37. The van der Waals surface area contributed by atoms with E-state index in [-0.39, 0.29) is 32.1 Å². The van der Waals surface area contributed by atoms with Gasteiger partial charge < -0.3 is 37.0 Å². The number of hydrogen-bond donors (Lipinski definition) is 7. The van der Waals surface area contributed by atoms with Crippen molar-refractivity contribution in [2.24, 2.45) is 5.73 Å². The second-order valence-electron chi connectivity index (χ2n) is 8.46. The highest BCUT2D eigenvalue weighted by Gasteiger charge is 2.30. The Balaban J connectivity index is 2.99. The number of nitrogens with two attached hydrogens (primary N) is 1. The van der Waals surface area contributed by atoms with Crippen molar-refractivity contribution < 1.29 is 44.1 Å². The van der Waals surface area contributed by atoms with Crippen LogP contribution in [-0.4, -0.2) is 87.1 Å². The van der Waals surface area contributed by atoms with Crippen LogP contribution < -0.4 is 21.7 Å². The zero-order chi connectivity index (χ0) is 28.7. The maximum atomic E-state index is 13.0. The summed E-state index contributed by atoms with van der Waals surface area (Å²) in [5.74, 6) is -5.69. The number of thioether (sulfide) groups is 1. The lowest BCUT2D eigenvalue weighted by Crippen LogP contribution is -2.57.